The van der Waals surface area contributed by atoms with E-state index in [0.717, 1.165) is 35.3 Å². The molecular formula is C24H25N3O4S. The van der Waals surface area contributed by atoms with Gasteiger partial charge >= 0.3 is 0 Å². The summed E-state index contributed by atoms with van der Waals surface area (Å²) in [5, 5.41) is 0. The molecule has 0 saturated heterocycles. The Hall–Kier alpha value is -3.23. The van der Waals surface area contributed by atoms with Crippen LogP contribution in [0.15, 0.2) is 71.8 Å². The van der Waals surface area contributed by atoms with Gasteiger partial charge in [0.15, 0.2) is 0 Å². The van der Waals surface area contributed by atoms with E-state index < -0.39 is 10.0 Å². The molecule has 0 unspecified atom stereocenters. The van der Waals surface area contributed by atoms with Crippen molar-refractivity contribution >= 4 is 21.6 Å². The fourth-order valence-electron chi connectivity index (χ4n) is 3.72. The number of nitrogens with zero attached hydrogens (tertiary/aromatic N) is 2. The van der Waals surface area contributed by atoms with Gasteiger partial charge in [0, 0.05) is 31.9 Å². The molecule has 166 valence electrons. The summed E-state index contributed by atoms with van der Waals surface area (Å²) in [6, 6.07) is 17.9. The highest BCUT2D eigenvalue weighted by Crippen LogP contribution is 2.29. The Morgan fingerprint density at radius 1 is 1.12 bits per heavy atom. The summed E-state index contributed by atoms with van der Waals surface area (Å²) >= 11 is 0. The molecule has 2 heterocycles. The van der Waals surface area contributed by atoms with E-state index in [9.17, 15) is 13.2 Å². The lowest BCUT2D eigenvalue weighted by Crippen LogP contribution is -2.33. The van der Waals surface area contributed by atoms with Crippen molar-refractivity contribution in [3.05, 3.63) is 83.7 Å². The van der Waals surface area contributed by atoms with Crippen LogP contribution in [0.2, 0.25) is 0 Å². The minimum atomic E-state index is -3.70. The summed E-state index contributed by atoms with van der Waals surface area (Å²) in [5.41, 5.74) is 3.27. The molecule has 1 aromatic heterocycles. The minimum Gasteiger partial charge on any atom is -0.487 e. The van der Waals surface area contributed by atoms with E-state index in [4.69, 9.17) is 4.74 Å². The highest BCUT2D eigenvalue weighted by molar-refractivity contribution is 7.89. The normalized spacial score (nSPS) is 13.5. The Morgan fingerprint density at radius 3 is 2.78 bits per heavy atom. The van der Waals surface area contributed by atoms with E-state index in [2.05, 4.69) is 9.71 Å². The van der Waals surface area contributed by atoms with Crippen LogP contribution < -0.4 is 14.4 Å². The van der Waals surface area contributed by atoms with Gasteiger partial charge in [0.1, 0.15) is 12.4 Å². The van der Waals surface area contributed by atoms with Crippen LogP contribution >= 0.6 is 0 Å². The summed E-state index contributed by atoms with van der Waals surface area (Å²) in [6.07, 6.45) is 3.27. The van der Waals surface area contributed by atoms with E-state index >= 15 is 0 Å². The highest BCUT2D eigenvalue weighted by Gasteiger charge is 2.23. The molecule has 0 atom stereocenters. The summed E-state index contributed by atoms with van der Waals surface area (Å²) in [7, 11) is -3.70. The molecule has 0 radical (unpaired) electrons. The van der Waals surface area contributed by atoms with Crippen molar-refractivity contribution in [2.24, 2.45) is 0 Å². The quantitative estimate of drug-likeness (QED) is 0.595. The van der Waals surface area contributed by atoms with Gasteiger partial charge in [-0.25, -0.2) is 13.1 Å². The number of carbonyl (C=O) groups excluding carboxylic acids is 1. The first-order valence-electron chi connectivity index (χ1n) is 10.4. The summed E-state index contributed by atoms with van der Waals surface area (Å²) in [5.74, 6) is 0.607. The molecule has 0 aliphatic carbocycles. The van der Waals surface area contributed by atoms with Crippen molar-refractivity contribution in [3.63, 3.8) is 0 Å². The zero-order valence-electron chi connectivity index (χ0n) is 17.8. The van der Waals surface area contributed by atoms with Gasteiger partial charge < -0.3 is 9.64 Å². The SMILES string of the molecule is CC(=O)N1CCCc2cc(S(=O)(=O)NCc3cccc(OCc4ccccn4)c3)ccc21. The lowest BCUT2D eigenvalue weighted by atomic mass is 10.0. The fraction of sp³-hybridized carbons (Fsp3) is 0.250. The summed E-state index contributed by atoms with van der Waals surface area (Å²) in [6.45, 7) is 2.66. The molecule has 2 aromatic carbocycles. The molecule has 0 fully saturated rings. The predicted octanol–water partition coefficient (Wildman–Crippen LogP) is 3.44. The fourth-order valence-corrected chi connectivity index (χ4v) is 4.78. The number of rotatable bonds is 7. The smallest absolute Gasteiger partial charge is 0.240 e. The molecular weight excluding hydrogens is 426 g/mol. The van der Waals surface area contributed by atoms with Gasteiger partial charge in [-0.05, 0) is 66.4 Å². The Balaban J connectivity index is 1.43. The van der Waals surface area contributed by atoms with Crippen molar-refractivity contribution in [3.8, 4) is 5.75 Å². The first-order chi connectivity index (χ1) is 15.4. The molecule has 0 spiro atoms. The van der Waals surface area contributed by atoms with Gasteiger partial charge in [0.2, 0.25) is 15.9 Å². The van der Waals surface area contributed by atoms with E-state index in [1.54, 1.807) is 29.3 Å². The summed E-state index contributed by atoms with van der Waals surface area (Å²) < 4.78 is 34.2. The lowest BCUT2D eigenvalue weighted by Gasteiger charge is -2.28. The number of pyridine rings is 1. The molecule has 1 amide bonds. The maximum atomic E-state index is 12.9. The van der Waals surface area contributed by atoms with Gasteiger partial charge in [0.25, 0.3) is 0 Å². The first kappa shape index (κ1) is 22.0. The van der Waals surface area contributed by atoms with E-state index in [-0.39, 0.29) is 17.3 Å². The van der Waals surface area contributed by atoms with Crippen LogP contribution in [-0.2, 0) is 34.4 Å². The van der Waals surface area contributed by atoms with Crippen LogP contribution in [0.1, 0.15) is 30.2 Å². The number of aromatic nitrogens is 1. The van der Waals surface area contributed by atoms with Crippen molar-refractivity contribution < 1.29 is 17.9 Å². The number of benzene rings is 2. The predicted molar refractivity (Wildman–Crippen MR) is 122 cm³/mol. The molecule has 8 heteroatoms. The third-order valence-electron chi connectivity index (χ3n) is 5.34. The largest absolute Gasteiger partial charge is 0.487 e. The van der Waals surface area contributed by atoms with E-state index in [1.807, 2.05) is 42.5 Å². The number of fused-ring (bicyclic) bond motifs is 1. The third kappa shape index (κ3) is 5.15. The van der Waals surface area contributed by atoms with Crippen LogP contribution in [0.5, 0.6) is 5.75 Å². The van der Waals surface area contributed by atoms with Crippen molar-refractivity contribution in [2.45, 2.75) is 37.8 Å². The monoisotopic (exact) mass is 451 g/mol. The molecule has 0 bridgehead atoms. The number of nitrogens with one attached hydrogen (secondary N) is 1. The zero-order chi connectivity index (χ0) is 22.6. The molecule has 4 rings (SSSR count). The molecule has 1 aliphatic heterocycles. The zero-order valence-corrected chi connectivity index (χ0v) is 18.6. The van der Waals surface area contributed by atoms with Crippen molar-refractivity contribution in [2.75, 3.05) is 11.4 Å². The van der Waals surface area contributed by atoms with E-state index in [0.29, 0.717) is 18.9 Å². The number of aryl methyl sites for hydroxylation is 1. The maximum Gasteiger partial charge on any atom is 0.240 e. The van der Waals surface area contributed by atoms with Crippen LogP contribution in [0, 0.1) is 0 Å². The molecule has 1 aliphatic rings. The average Bonchev–Trinajstić information content (AvgIpc) is 2.81. The van der Waals surface area contributed by atoms with Gasteiger partial charge in [-0.1, -0.05) is 18.2 Å². The third-order valence-corrected chi connectivity index (χ3v) is 6.74. The Morgan fingerprint density at radius 2 is 2.00 bits per heavy atom. The molecule has 1 N–H and O–H groups in total. The number of hydrogen-bond acceptors (Lipinski definition) is 5. The number of hydrogen-bond donors (Lipinski definition) is 1. The van der Waals surface area contributed by atoms with Crippen LogP contribution in [0.4, 0.5) is 5.69 Å². The second kappa shape index (κ2) is 9.50. The van der Waals surface area contributed by atoms with Gasteiger partial charge in [0.05, 0.1) is 10.6 Å². The van der Waals surface area contributed by atoms with Crippen molar-refractivity contribution in [1.29, 1.82) is 0 Å². The number of sulfonamides is 1. The molecule has 3 aromatic rings. The average molecular weight is 452 g/mol. The first-order valence-corrected chi connectivity index (χ1v) is 11.9. The number of anilines is 1. The standard InChI is InChI=1S/C24H25N3O4S/c1-18(28)27-13-5-7-20-15-23(10-11-24(20)27)32(29,30)26-16-19-6-4-9-22(14-19)31-17-21-8-2-3-12-25-21/h2-4,6,8-12,14-15,26H,5,7,13,16-17H2,1H3. The van der Waals surface area contributed by atoms with Gasteiger partial charge in [-0.15, -0.1) is 0 Å². The number of carbonyl (C=O) groups is 1. The maximum absolute atomic E-state index is 12.9. The Labute approximate surface area is 188 Å². The second-order valence-electron chi connectivity index (χ2n) is 7.65. The lowest BCUT2D eigenvalue weighted by molar-refractivity contribution is -0.116. The van der Waals surface area contributed by atoms with Gasteiger partial charge in [-0.3, -0.25) is 9.78 Å². The molecule has 32 heavy (non-hydrogen) atoms. The van der Waals surface area contributed by atoms with Crippen LogP contribution in [-0.4, -0.2) is 25.9 Å². The second-order valence-corrected chi connectivity index (χ2v) is 9.41. The van der Waals surface area contributed by atoms with Crippen molar-refractivity contribution in [1.82, 2.24) is 9.71 Å². The molecule has 7 nitrogen and oxygen atoms in total. The Kier molecular flexibility index (Phi) is 6.53. The minimum absolute atomic E-state index is 0.0372. The topological polar surface area (TPSA) is 88.6 Å². The van der Waals surface area contributed by atoms with E-state index in [1.165, 1.54) is 6.92 Å². The van der Waals surface area contributed by atoms with Gasteiger partial charge in [-0.2, -0.15) is 0 Å². The summed E-state index contributed by atoms with van der Waals surface area (Å²) in [4.78, 5) is 18.0. The highest BCUT2D eigenvalue weighted by atomic mass is 32.2. The number of amides is 1. The Bertz CT molecular complexity index is 1210. The van der Waals surface area contributed by atoms with Crippen LogP contribution in [0.25, 0.3) is 0 Å². The number of ether oxygens (including phenoxy) is 1. The molecule has 0 saturated carbocycles. The van der Waals surface area contributed by atoms with Crippen LogP contribution in [0.3, 0.4) is 0 Å².